The number of hydrogen-bond donors (Lipinski definition) is 1. The molecule has 2 N–H and O–H groups in total. The van der Waals surface area contributed by atoms with E-state index in [-0.39, 0.29) is 6.04 Å². The van der Waals surface area contributed by atoms with Crippen LogP contribution in [0.3, 0.4) is 0 Å². The molecule has 1 unspecified atom stereocenters. The van der Waals surface area contributed by atoms with Gasteiger partial charge in [0.25, 0.3) is 0 Å². The second-order valence-electron chi connectivity index (χ2n) is 5.45. The third-order valence-electron chi connectivity index (χ3n) is 3.29. The molecule has 2 aromatic rings. The maximum atomic E-state index is 6.04. The van der Waals surface area contributed by atoms with Crippen molar-refractivity contribution in [1.29, 1.82) is 0 Å². The predicted molar refractivity (Wildman–Crippen MR) is 95.1 cm³/mol. The Balaban J connectivity index is 2.13. The molecule has 112 valence electrons. The first-order valence-electron chi connectivity index (χ1n) is 6.95. The summed E-state index contributed by atoms with van der Waals surface area (Å²) < 4.78 is 1.09. The first kappa shape index (κ1) is 16.3. The Morgan fingerprint density at radius 2 is 1.95 bits per heavy atom. The SMILES string of the molecule is CC(N)Cc1ccc(N(C)Cc2cccc(Cl)c2)c(Br)c1. The average Bonchev–Trinajstić information content (AvgIpc) is 2.37. The van der Waals surface area contributed by atoms with Crippen molar-refractivity contribution in [1.82, 2.24) is 0 Å². The lowest BCUT2D eigenvalue weighted by Gasteiger charge is -2.22. The van der Waals surface area contributed by atoms with Crippen LogP contribution in [0.4, 0.5) is 5.69 Å². The Morgan fingerprint density at radius 3 is 2.57 bits per heavy atom. The monoisotopic (exact) mass is 366 g/mol. The summed E-state index contributed by atoms with van der Waals surface area (Å²) in [7, 11) is 2.08. The van der Waals surface area contributed by atoms with E-state index >= 15 is 0 Å². The van der Waals surface area contributed by atoms with Crippen LogP contribution in [0.25, 0.3) is 0 Å². The van der Waals surface area contributed by atoms with Gasteiger partial charge in [-0.3, -0.25) is 0 Å². The molecular weight excluding hydrogens is 348 g/mol. The molecule has 0 aliphatic rings. The Hall–Kier alpha value is -1.03. The number of nitrogens with two attached hydrogens (primary N) is 1. The third-order valence-corrected chi connectivity index (χ3v) is 4.16. The van der Waals surface area contributed by atoms with Crippen LogP contribution in [0.2, 0.25) is 5.02 Å². The highest BCUT2D eigenvalue weighted by molar-refractivity contribution is 9.10. The minimum atomic E-state index is 0.173. The van der Waals surface area contributed by atoms with Crippen LogP contribution < -0.4 is 10.6 Å². The fraction of sp³-hybridized carbons (Fsp3) is 0.294. The average molecular weight is 368 g/mol. The van der Waals surface area contributed by atoms with Crippen molar-refractivity contribution in [2.75, 3.05) is 11.9 Å². The smallest absolute Gasteiger partial charge is 0.0511 e. The summed E-state index contributed by atoms with van der Waals surface area (Å²) in [6.45, 7) is 2.83. The largest absolute Gasteiger partial charge is 0.369 e. The van der Waals surface area contributed by atoms with Crippen molar-refractivity contribution >= 4 is 33.2 Å². The molecule has 0 radical (unpaired) electrons. The molecule has 21 heavy (non-hydrogen) atoms. The quantitative estimate of drug-likeness (QED) is 0.835. The van der Waals surface area contributed by atoms with Crippen molar-refractivity contribution in [3.8, 4) is 0 Å². The van der Waals surface area contributed by atoms with E-state index in [2.05, 4.69) is 52.1 Å². The fourth-order valence-corrected chi connectivity index (χ4v) is 3.29. The lowest BCUT2D eigenvalue weighted by Crippen LogP contribution is -2.19. The molecule has 0 spiro atoms. The van der Waals surface area contributed by atoms with Gasteiger partial charge in [-0.15, -0.1) is 0 Å². The number of nitrogens with zero attached hydrogens (tertiary/aromatic N) is 1. The Kier molecular flexibility index (Phi) is 5.68. The minimum Gasteiger partial charge on any atom is -0.369 e. The molecule has 2 rings (SSSR count). The number of benzene rings is 2. The van der Waals surface area contributed by atoms with Crippen molar-refractivity contribution < 1.29 is 0 Å². The zero-order valence-corrected chi connectivity index (χ0v) is 14.7. The van der Waals surface area contributed by atoms with Crippen molar-refractivity contribution in [3.63, 3.8) is 0 Å². The molecule has 2 nitrogen and oxygen atoms in total. The van der Waals surface area contributed by atoms with Crippen molar-refractivity contribution in [2.45, 2.75) is 25.9 Å². The van der Waals surface area contributed by atoms with Crippen LogP contribution in [0.1, 0.15) is 18.1 Å². The molecule has 2 aromatic carbocycles. The minimum absolute atomic E-state index is 0.173. The predicted octanol–water partition coefficient (Wildman–Crippen LogP) is 4.63. The van der Waals surface area contributed by atoms with E-state index in [1.54, 1.807) is 0 Å². The lowest BCUT2D eigenvalue weighted by atomic mass is 10.1. The van der Waals surface area contributed by atoms with E-state index in [0.717, 1.165) is 28.1 Å². The summed E-state index contributed by atoms with van der Waals surface area (Å²) >= 11 is 9.69. The molecule has 0 aromatic heterocycles. The molecular formula is C17H20BrClN2. The normalized spacial score (nSPS) is 12.2. The van der Waals surface area contributed by atoms with Gasteiger partial charge in [0.2, 0.25) is 0 Å². The van der Waals surface area contributed by atoms with Gasteiger partial charge >= 0.3 is 0 Å². The van der Waals surface area contributed by atoms with Crippen LogP contribution in [0.5, 0.6) is 0 Å². The van der Waals surface area contributed by atoms with Crippen LogP contribution in [-0.2, 0) is 13.0 Å². The highest BCUT2D eigenvalue weighted by Crippen LogP contribution is 2.28. The van der Waals surface area contributed by atoms with Crippen LogP contribution in [0.15, 0.2) is 46.9 Å². The zero-order chi connectivity index (χ0) is 15.4. The van der Waals surface area contributed by atoms with Crippen LogP contribution >= 0.6 is 27.5 Å². The van der Waals surface area contributed by atoms with E-state index in [9.17, 15) is 0 Å². The third kappa shape index (κ3) is 4.73. The van der Waals surface area contributed by atoms with Gasteiger partial charge in [0.1, 0.15) is 0 Å². The Bertz CT molecular complexity index is 613. The van der Waals surface area contributed by atoms with Crippen LogP contribution in [-0.4, -0.2) is 13.1 Å². The maximum Gasteiger partial charge on any atom is 0.0511 e. The van der Waals surface area contributed by atoms with Gasteiger partial charge in [-0.25, -0.2) is 0 Å². The van der Waals surface area contributed by atoms with Gasteiger partial charge in [-0.05, 0) is 64.7 Å². The molecule has 0 saturated carbocycles. The molecule has 1 atom stereocenters. The van der Waals surface area contributed by atoms with Gasteiger partial charge in [0.05, 0.1) is 5.69 Å². The second kappa shape index (κ2) is 7.30. The molecule has 0 saturated heterocycles. The van der Waals surface area contributed by atoms with E-state index in [4.69, 9.17) is 17.3 Å². The number of hydrogen-bond acceptors (Lipinski definition) is 2. The summed E-state index contributed by atoms with van der Waals surface area (Å²) in [4.78, 5) is 2.20. The molecule has 0 amide bonds. The molecule has 0 fully saturated rings. The summed E-state index contributed by atoms with van der Waals surface area (Å²) in [6.07, 6.45) is 0.886. The standard InChI is InChI=1S/C17H20BrClN2/c1-12(20)8-13-6-7-17(16(18)10-13)21(2)11-14-4-3-5-15(19)9-14/h3-7,9-10,12H,8,11,20H2,1-2H3. The number of anilines is 1. The van der Waals surface area contributed by atoms with Crippen molar-refractivity contribution in [2.24, 2.45) is 5.73 Å². The maximum absolute atomic E-state index is 6.04. The van der Waals surface area contributed by atoms with Crippen molar-refractivity contribution in [3.05, 3.63) is 63.1 Å². The highest BCUT2D eigenvalue weighted by Gasteiger charge is 2.08. The van der Waals surface area contributed by atoms with Gasteiger partial charge in [-0.2, -0.15) is 0 Å². The van der Waals surface area contributed by atoms with Gasteiger partial charge in [0.15, 0.2) is 0 Å². The number of rotatable bonds is 5. The topological polar surface area (TPSA) is 29.3 Å². The molecule has 0 aliphatic carbocycles. The second-order valence-corrected chi connectivity index (χ2v) is 6.74. The van der Waals surface area contributed by atoms with Crippen LogP contribution in [0, 0.1) is 0 Å². The molecule has 4 heteroatoms. The molecule has 0 heterocycles. The molecule has 0 bridgehead atoms. The zero-order valence-electron chi connectivity index (χ0n) is 12.3. The summed E-state index contributed by atoms with van der Waals surface area (Å²) in [6, 6.07) is 14.5. The van der Waals surface area contributed by atoms with E-state index in [1.165, 1.54) is 11.1 Å². The highest BCUT2D eigenvalue weighted by atomic mass is 79.9. The van der Waals surface area contributed by atoms with E-state index < -0.39 is 0 Å². The summed E-state index contributed by atoms with van der Waals surface area (Å²) in [5.41, 5.74) is 9.44. The first-order valence-corrected chi connectivity index (χ1v) is 8.12. The summed E-state index contributed by atoms with van der Waals surface area (Å²) in [5, 5.41) is 0.771. The lowest BCUT2D eigenvalue weighted by molar-refractivity contribution is 0.737. The van der Waals surface area contributed by atoms with Gasteiger partial charge < -0.3 is 10.6 Å². The Labute approximate surface area is 140 Å². The van der Waals surface area contributed by atoms with Gasteiger partial charge in [0, 0.05) is 29.1 Å². The summed E-state index contributed by atoms with van der Waals surface area (Å²) in [5.74, 6) is 0. The Morgan fingerprint density at radius 1 is 1.19 bits per heavy atom. The number of halogens is 2. The van der Waals surface area contributed by atoms with E-state index in [1.807, 2.05) is 25.1 Å². The van der Waals surface area contributed by atoms with Gasteiger partial charge in [-0.1, -0.05) is 29.8 Å². The first-order chi connectivity index (χ1) is 9.95. The fourth-order valence-electron chi connectivity index (χ4n) is 2.35. The molecule has 0 aliphatic heterocycles. The van der Waals surface area contributed by atoms with E-state index in [0.29, 0.717) is 0 Å².